The second-order valence-corrected chi connectivity index (χ2v) is 9.83. The first-order valence-electron chi connectivity index (χ1n) is 10.9. The zero-order chi connectivity index (χ0) is 22.9. The Hall–Kier alpha value is -3.08. The Bertz CT molecular complexity index is 1090. The predicted molar refractivity (Wildman–Crippen MR) is 139 cm³/mol. The van der Waals surface area contributed by atoms with Crippen molar-refractivity contribution < 1.29 is 9.59 Å². The molecule has 0 heterocycles. The fraction of sp³-hybridized carbons (Fsp3) is 0.103. The van der Waals surface area contributed by atoms with Gasteiger partial charge in [0.1, 0.15) is 0 Å². The van der Waals surface area contributed by atoms with Gasteiger partial charge in [0.15, 0.2) is 11.6 Å². The van der Waals surface area contributed by atoms with Crippen molar-refractivity contribution in [3.63, 3.8) is 0 Å². The van der Waals surface area contributed by atoms with Crippen LogP contribution in [0.15, 0.2) is 119 Å². The van der Waals surface area contributed by atoms with E-state index in [1.165, 1.54) is 9.79 Å². The van der Waals surface area contributed by atoms with Gasteiger partial charge < -0.3 is 0 Å². The minimum absolute atomic E-state index is 0.0556. The number of carbonyl (C=O) groups is 2. The fourth-order valence-electron chi connectivity index (χ4n) is 3.36. The van der Waals surface area contributed by atoms with E-state index in [-0.39, 0.29) is 11.6 Å². The second-order valence-electron chi connectivity index (χ2n) is 7.49. The topological polar surface area (TPSA) is 34.1 Å². The van der Waals surface area contributed by atoms with Crippen molar-refractivity contribution >= 4 is 35.1 Å². The van der Waals surface area contributed by atoms with Gasteiger partial charge in [0.25, 0.3) is 0 Å². The van der Waals surface area contributed by atoms with Crippen molar-refractivity contribution in [2.24, 2.45) is 0 Å². The quantitative estimate of drug-likeness (QED) is 0.138. The molecule has 0 spiro atoms. The van der Waals surface area contributed by atoms with Gasteiger partial charge in [0.2, 0.25) is 0 Å². The lowest BCUT2D eigenvalue weighted by atomic mass is 10.0. The first-order chi connectivity index (χ1) is 16.2. The molecule has 0 bridgehead atoms. The first-order valence-corrected chi connectivity index (χ1v) is 12.8. The van der Waals surface area contributed by atoms with Crippen LogP contribution in [-0.4, -0.2) is 23.1 Å². The van der Waals surface area contributed by atoms with Crippen molar-refractivity contribution in [2.45, 2.75) is 16.2 Å². The molecule has 0 saturated heterocycles. The standard InChI is InChI=1S/C29H24O2S2/c30-28(22-8-3-1-4-9-22)24-12-16-26(17-13-24)32-20-7-21-33-27-18-14-25(15-19-27)29(31)23-10-5-2-6-11-23/h1-6,8-19H,7,20-21H2. The van der Waals surface area contributed by atoms with Crippen LogP contribution in [0.4, 0.5) is 0 Å². The fourth-order valence-corrected chi connectivity index (χ4v) is 5.24. The van der Waals surface area contributed by atoms with Gasteiger partial charge in [-0.05, 0) is 66.5 Å². The van der Waals surface area contributed by atoms with Crippen LogP contribution in [0, 0.1) is 0 Å². The van der Waals surface area contributed by atoms with Crippen LogP contribution in [0.1, 0.15) is 38.3 Å². The van der Waals surface area contributed by atoms with Gasteiger partial charge in [-0.3, -0.25) is 9.59 Å². The van der Waals surface area contributed by atoms with Gasteiger partial charge >= 0.3 is 0 Å². The monoisotopic (exact) mass is 468 g/mol. The van der Waals surface area contributed by atoms with Gasteiger partial charge in [-0.25, -0.2) is 0 Å². The highest BCUT2D eigenvalue weighted by Crippen LogP contribution is 2.24. The number of hydrogen-bond acceptors (Lipinski definition) is 4. The summed E-state index contributed by atoms with van der Waals surface area (Å²) >= 11 is 3.61. The molecule has 0 radical (unpaired) electrons. The zero-order valence-electron chi connectivity index (χ0n) is 18.1. The van der Waals surface area contributed by atoms with E-state index >= 15 is 0 Å². The van der Waals surface area contributed by atoms with Crippen molar-refractivity contribution in [1.82, 2.24) is 0 Å². The molecule has 4 aromatic carbocycles. The number of thioether (sulfide) groups is 2. The molecule has 0 aliphatic heterocycles. The maximum Gasteiger partial charge on any atom is 0.193 e. The zero-order valence-corrected chi connectivity index (χ0v) is 19.8. The second kappa shape index (κ2) is 11.7. The summed E-state index contributed by atoms with van der Waals surface area (Å²) in [6.45, 7) is 0. The highest BCUT2D eigenvalue weighted by molar-refractivity contribution is 8.00. The number of carbonyl (C=O) groups excluding carboxylic acids is 2. The lowest BCUT2D eigenvalue weighted by Crippen LogP contribution is -2.00. The van der Waals surface area contributed by atoms with Crippen LogP contribution in [0.25, 0.3) is 0 Å². The van der Waals surface area contributed by atoms with Crippen LogP contribution in [0.2, 0.25) is 0 Å². The molecule has 0 aliphatic carbocycles. The van der Waals surface area contributed by atoms with Crippen molar-refractivity contribution in [1.29, 1.82) is 0 Å². The maximum absolute atomic E-state index is 12.5. The average molecular weight is 469 g/mol. The van der Waals surface area contributed by atoms with Crippen LogP contribution in [0.5, 0.6) is 0 Å². The van der Waals surface area contributed by atoms with E-state index in [1.807, 2.05) is 109 Å². The number of rotatable bonds is 10. The molecule has 164 valence electrons. The summed E-state index contributed by atoms with van der Waals surface area (Å²) in [7, 11) is 0. The molecular formula is C29H24O2S2. The van der Waals surface area contributed by atoms with Crippen molar-refractivity contribution in [3.8, 4) is 0 Å². The van der Waals surface area contributed by atoms with E-state index in [2.05, 4.69) is 0 Å². The summed E-state index contributed by atoms with van der Waals surface area (Å²) < 4.78 is 0. The molecule has 0 saturated carbocycles. The van der Waals surface area contributed by atoms with E-state index in [0.29, 0.717) is 11.1 Å². The molecule has 0 N–H and O–H groups in total. The Morgan fingerprint density at radius 1 is 0.455 bits per heavy atom. The lowest BCUT2D eigenvalue weighted by molar-refractivity contribution is 0.103. The molecule has 0 atom stereocenters. The number of hydrogen-bond donors (Lipinski definition) is 0. The Morgan fingerprint density at radius 3 is 1.15 bits per heavy atom. The van der Waals surface area contributed by atoms with Gasteiger partial charge in [-0.1, -0.05) is 60.7 Å². The third-order valence-electron chi connectivity index (χ3n) is 5.13. The Labute approximate surface area is 203 Å². The van der Waals surface area contributed by atoms with Crippen molar-refractivity contribution in [2.75, 3.05) is 11.5 Å². The molecule has 4 rings (SSSR count). The Morgan fingerprint density at radius 2 is 0.788 bits per heavy atom. The number of ketones is 2. The molecule has 0 amide bonds. The molecule has 4 aromatic rings. The summed E-state index contributed by atoms with van der Waals surface area (Å²) in [4.78, 5) is 27.3. The summed E-state index contributed by atoms with van der Waals surface area (Å²) in [5, 5.41) is 0. The van der Waals surface area contributed by atoms with E-state index in [0.717, 1.165) is 29.1 Å². The number of benzene rings is 4. The van der Waals surface area contributed by atoms with Crippen LogP contribution >= 0.6 is 23.5 Å². The maximum atomic E-state index is 12.5. The average Bonchev–Trinajstić information content (AvgIpc) is 2.89. The minimum atomic E-state index is 0.0556. The molecule has 0 fully saturated rings. The third kappa shape index (κ3) is 6.47. The summed E-state index contributed by atoms with van der Waals surface area (Å²) in [5.74, 6) is 2.15. The third-order valence-corrected chi connectivity index (χ3v) is 7.33. The van der Waals surface area contributed by atoms with E-state index in [9.17, 15) is 9.59 Å². The molecular weight excluding hydrogens is 444 g/mol. The van der Waals surface area contributed by atoms with E-state index < -0.39 is 0 Å². The van der Waals surface area contributed by atoms with Gasteiger partial charge in [0, 0.05) is 32.0 Å². The minimum Gasteiger partial charge on any atom is -0.289 e. The first kappa shape index (κ1) is 23.1. The van der Waals surface area contributed by atoms with Gasteiger partial charge in [0.05, 0.1) is 0 Å². The van der Waals surface area contributed by atoms with Crippen molar-refractivity contribution in [3.05, 3.63) is 131 Å². The van der Waals surface area contributed by atoms with Crippen LogP contribution < -0.4 is 0 Å². The SMILES string of the molecule is O=C(c1ccccc1)c1ccc(SCCCSc2ccc(C(=O)c3ccccc3)cc2)cc1. The molecule has 4 heteroatoms. The van der Waals surface area contributed by atoms with Gasteiger partial charge in [-0.2, -0.15) is 0 Å². The normalized spacial score (nSPS) is 10.7. The largest absolute Gasteiger partial charge is 0.289 e. The molecule has 2 nitrogen and oxygen atoms in total. The molecule has 0 aliphatic rings. The van der Waals surface area contributed by atoms with Crippen LogP contribution in [-0.2, 0) is 0 Å². The summed E-state index contributed by atoms with van der Waals surface area (Å²) in [6.07, 6.45) is 1.07. The van der Waals surface area contributed by atoms with Gasteiger partial charge in [-0.15, -0.1) is 23.5 Å². The predicted octanol–water partition coefficient (Wildman–Crippen LogP) is 7.42. The highest BCUT2D eigenvalue weighted by atomic mass is 32.2. The lowest BCUT2D eigenvalue weighted by Gasteiger charge is -2.06. The Kier molecular flexibility index (Phi) is 8.18. The highest BCUT2D eigenvalue weighted by Gasteiger charge is 2.09. The summed E-state index contributed by atoms with van der Waals surface area (Å²) in [6, 6.07) is 34.5. The Balaban J connectivity index is 1.20. The van der Waals surface area contributed by atoms with E-state index in [4.69, 9.17) is 0 Å². The van der Waals surface area contributed by atoms with Crippen LogP contribution in [0.3, 0.4) is 0 Å². The molecule has 0 aromatic heterocycles. The smallest absolute Gasteiger partial charge is 0.193 e. The van der Waals surface area contributed by atoms with E-state index in [1.54, 1.807) is 23.5 Å². The molecule has 33 heavy (non-hydrogen) atoms. The molecule has 0 unspecified atom stereocenters. The summed E-state index contributed by atoms with van der Waals surface area (Å²) in [5.41, 5.74) is 2.87.